The Labute approximate surface area is 152 Å². The second-order valence-corrected chi connectivity index (χ2v) is 6.93. The number of carbonyl (C=O) groups excluding carboxylic acids is 2. The Morgan fingerprint density at radius 1 is 1.04 bits per heavy atom. The Morgan fingerprint density at radius 3 is 2.04 bits per heavy atom. The van der Waals surface area contributed by atoms with Crippen LogP contribution < -0.4 is 4.74 Å². The van der Waals surface area contributed by atoms with Crippen molar-refractivity contribution in [3.05, 3.63) is 54.1 Å². The zero-order chi connectivity index (χ0) is 18.4. The molecule has 5 heteroatoms. The van der Waals surface area contributed by atoms with Crippen LogP contribution in [0.4, 0.5) is 0 Å². The van der Waals surface area contributed by atoms with Gasteiger partial charge in [0.2, 0.25) is 5.78 Å². The first-order valence-corrected chi connectivity index (χ1v) is 8.92. The zero-order valence-electron chi connectivity index (χ0n) is 14.5. The second kappa shape index (κ2) is 8.62. The second-order valence-electron chi connectivity index (χ2n) is 5.78. The van der Waals surface area contributed by atoms with Crippen molar-refractivity contribution in [3.63, 3.8) is 0 Å². The molecule has 130 valence electrons. The van der Waals surface area contributed by atoms with E-state index in [4.69, 9.17) is 10.1 Å². The van der Waals surface area contributed by atoms with Gasteiger partial charge >= 0.3 is 5.97 Å². The van der Waals surface area contributed by atoms with Gasteiger partial charge in [-0.3, -0.25) is 9.59 Å². The lowest BCUT2D eigenvalue weighted by molar-refractivity contribution is -0.138. The number of esters is 1. The van der Waals surface area contributed by atoms with Crippen molar-refractivity contribution in [2.24, 2.45) is 5.92 Å². The minimum absolute atomic E-state index is 0.0305. The molecule has 0 radical (unpaired) electrons. The summed E-state index contributed by atoms with van der Waals surface area (Å²) >= 11 is 1.55. The minimum atomic E-state index is -0.260. The SMILES string of the molecule is CCC(C)C(=O)Oc1ccc(Sc2ccc(C(=O)C(C)=N)cc2)cc1. The van der Waals surface area contributed by atoms with E-state index in [0.717, 1.165) is 16.2 Å². The van der Waals surface area contributed by atoms with Gasteiger partial charge in [0.15, 0.2) is 0 Å². The topological polar surface area (TPSA) is 67.2 Å². The molecule has 0 aliphatic heterocycles. The highest BCUT2D eigenvalue weighted by Gasteiger charge is 2.13. The van der Waals surface area contributed by atoms with Gasteiger partial charge in [-0.25, -0.2) is 0 Å². The Balaban J connectivity index is 2.00. The fourth-order valence-electron chi connectivity index (χ4n) is 1.99. The molecule has 0 heterocycles. The predicted octanol–water partition coefficient (Wildman–Crippen LogP) is 5.01. The summed E-state index contributed by atoms with van der Waals surface area (Å²) < 4.78 is 5.33. The Hall–Kier alpha value is -2.40. The molecule has 1 N–H and O–H groups in total. The molecule has 0 aromatic heterocycles. The molecule has 1 unspecified atom stereocenters. The summed E-state index contributed by atoms with van der Waals surface area (Å²) in [5.41, 5.74) is 0.548. The van der Waals surface area contributed by atoms with Gasteiger partial charge in [0, 0.05) is 15.4 Å². The van der Waals surface area contributed by atoms with Crippen LogP contribution in [0.3, 0.4) is 0 Å². The van der Waals surface area contributed by atoms with E-state index in [-0.39, 0.29) is 23.4 Å². The van der Waals surface area contributed by atoms with Gasteiger partial charge in [0.25, 0.3) is 0 Å². The highest BCUT2D eigenvalue weighted by atomic mass is 32.2. The highest BCUT2D eigenvalue weighted by Crippen LogP contribution is 2.29. The lowest BCUT2D eigenvalue weighted by atomic mass is 10.1. The van der Waals surface area contributed by atoms with E-state index < -0.39 is 0 Å². The third-order valence-electron chi connectivity index (χ3n) is 3.75. The van der Waals surface area contributed by atoms with Crippen LogP contribution in [0.1, 0.15) is 37.6 Å². The van der Waals surface area contributed by atoms with Gasteiger partial charge in [-0.1, -0.05) is 25.6 Å². The summed E-state index contributed by atoms with van der Waals surface area (Å²) in [5, 5.41) is 7.39. The predicted molar refractivity (Wildman–Crippen MR) is 99.8 cm³/mol. The van der Waals surface area contributed by atoms with E-state index in [9.17, 15) is 9.59 Å². The maximum Gasteiger partial charge on any atom is 0.314 e. The molecule has 2 aromatic carbocycles. The van der Waals surface area contributed by atoms with E-state index in [1.165, 1.54) is 6.92 Å². The van der Waals surface area contributed by atoms with Crippen molar-refractivity contribution in [2.45, 2.75) is 37.0 Å². The van der Waals surface area contributed by atoms with Gasteiger partial charge in [0.05, 0.1) is 11.6 Å². The minimum Gasteiger partial charge on any atom is -0.426 e. The summed E-state index contributed by atoms with van der Waals surface area (Å²) in [7, 11) is 0. The molecule has 2 aromatic rings. The van der Waals surface area contributed by atoms with Crippen molar-refractivity contribution in [2.75, 3.05) is 0 Å². The van der Waals surface area contributed by atoms with Crippen molar-refractivity contribution in [1.29, 1.82) is 5.41 Å². The summed E-state index contributed by atoms with van der Waals surface area (Å²) in [6, 6.07) is 14.5. The highest BCUT2D eigenvalue weighted by molar-refractivity contribution is 7.99. The Kier molecular flexibility index (Phi) is 6.53. The van der Waals surface area contributed by atoms with Crippen LogP contribution in [0.15, 0.2) is 58.3 Å². The number of hydrogen-bond acceptors (Lipinski definition) is 5. The third-order valence-corrected chi connectivity index (χ3v) is 4.77. The van der Waals surface area contributed by atoms with E-state index in [1.54, 1.807) is 36.0 Å². The average Bonchev–Trinajstić information content (AvgIpc) is 2.62. The largest absolute Gasteiger partial charge is 0.426 e. The summed E-state index contributed by atoms with van der Waals surface area (Å²) in [6.07, 6.45) is 0.753. The van der Waals surface area contributed by atoms with Crippen molar-refractivity contribution in [3.8, 4) is 5.75 Å². The molecule has 0 saturated heterocycles. The van der Waals surface area contributed by atoms with Crippen LogP contribution >= 0.6 is 11.8 Å². The lowest BCUT2D eigenvalue weighted by Crippen LogP contribution is -2.16. The summed E-state index contributed by atoms with van der Waals surface area (Å²) in [5.74, 6) is -0.0504. The molecular formula is C20H21NO3S. The number of carbonyl (C=O) groups is 2. The van der Waals surface area contributed by atoms with Crippen LogP contribution in [0.2, 0.25) is 0 Å². The van der Waals surface area contributed by atoms with Gasteiger partial charge in [-0.05, 0) is 61.9 Å². The molecule has 0 fully saturated rings. The van der Waals surface area contributed by atoms with E-state index in [1.807, 2.05) is 38.1 Å². The van der Waals surface area contributed by atoms with Gasteiger partial charge in [-0.2, -0.15) is 0 Å². The first-order chi connectivity index (χ1) is 11.9. The number of nitrogens with one attached hydrogen (secondary N) is 1. The molecule has 4 nitrogen and oxygen atoms in total. The normalized spacial score (nSPS) is 11.6. The fraction of sp³-hybridized carbons (Fsp3) is 0.250. The number of rotatable bonds is 7. The molecule has 0 amide bonds. The summed E-state index contributed by atoms with van der Waals surface area (Å²) in [4.78, 5) is 25.5. The molecule has 25 heavy (non-hydrogen) atoms. The maximum atomic E-state index is 11.8. The maximum absolute atomic E-state index is 11.8. The first-order valence-electron chi connectivity index (χ1n) is 8.10. The smallest absolute Gasteiger partial charge is 0.314 e. The molecule has 2 rings (SSSR count). The summed E-state index contributed by atoms with van der Waals surface area (Å²) in [6.45, 7) is 5.29. The average molecular weight is 355 g/mol. The molecule has 1 atom stereocenters. The Morgan fingerprint density at radius 2 is 1.56 bits per heavy atom. The van der Waals surface area contributed by atoms with Crippen molar-refractivity contribution in [1.82, 2.24) is 0 Å². The molecule has 0 bridgehead atoms. The van der Waals surface area contributed by atoms with Crippen LogP contribution in [0, 0.1) is 11.3 Å². The number of ketones is 1. The van der Waals surface area contributed by atoms with Crippen molar-refractivity contribution >= 4 is 29.2 Å². The number of Topliss-reactive ketones (excluding diaryl/α,β-unsaturated/α-hetero) is 1. The van der Waals surface area contributed by atoms with E-state index in [2.05, 4.69) is 0 Å². The molecule has 0 aliphatic rings. The number of ether oxygens (including phenoxy) is 1. The van der Waals surface area contributed by atoms with Crippen LogP contribution in [-0.2, 0) is 4.79 Å². The number of benzene rings is 2. The lowest BCUT2D eigenvalue weighted by Gasteiger charge is -2.09. The van der Waals surface area contributed by atoms with Gasteiger partial charge in [-0.15, -0.1) is 0 Å². The standard InChI is InChI=1S/C20H21NO3S/c1-4-13(2)20(23)24-16-7-11-18(12-8-16)25-17-9-5-15(6-10-17)19(22)14(3)21/h5-13,21H,4H2,1-3H3. The first kappa shape index (κ1) is 18.9. The van der Waals surface area contributed by atoms with Gasteiger partial charge in [0.1, 0.15) is 5.75 Å². The van der Waals surface area contributed by atoms with E-state index in [0.29, 0.717) is 11.3 Å². The molecule has 0 saturated carbocycles. The molecule has 0 aliphatic carbocycles. The Bertz CT molecular complexity index is 767. The number of hydrogen-bond donors (Lipinski definition) is 1. The van der Waals surface area contributed by atoms with Crippen LogP contribution in [0.25, 0.3) is 0 Å². The van der Waals surface area contributed by atoms with Crippen LogP contribution in [0.5, 0.6) is 5.75 Å². The van der Waals surface area contributed by atoms with Gasteiger partial charge < -0.3 is 10.1 Å². The fourth-order valence-corrected chi connectivity index (χ4v) is 2.80. The molecular weight excluding hydrogens is 334 g/mol. The van der Waals surface area contributed by atoms with Crippen LogP contribution in [-0.4, -0.2) is 17.5 Å². The third kappa shape index (κ3) is 5.29. The van der Waals surface area contributed by atoms with Crippen molar-refractivity contribution < 1.29 is 14.3 Å². The van der Waals surface area contributed by atoms with E-state index >= 15 is 0 Å². The quantitative estimate of drug-likeness (QED) is 0.328. The molecule has 0 spiro atoms. The zero-order valence-corrected chi connectivity index (χ0v) is 15.4. The monoisotopic (exact) mass is 355 g/mol.